The number of aromatic hydroxyl groups is 2. The van der Waals surface area contributed by atoms with Crippen LogP contribution in [0.25, 0.3) is 0 Å². The van der Waals surface area contributed by atoms with Gasteiger partial charge in [0.2, 0.25) is 0 Å². The summed E-state index contributed by atoms with van der Waals surface area (Å²) >= 11 is 0. The summed E-state index contributed by atoms with van der Waals surface area (Å²) in [6, 6.07) is 4.05. The van der Waals surface area contributed by atoms with Gasteiger partial charge in [0.15, 0.2) is 0 Å². The van der Waals surface area contributed by atoms with Crippen LogP contribution in [-0.4, -0.2) is 47.7 Å². The number of nitrogens with one attached hydrogen (secondary N) is 1. The molecule has 1 rings (SSSR count). The fourth-order valence-corrected chi connectivity index (χ4v) is 1.22. The maximum atomic E-state index is 11.7. The van der Waals surface area contributed by atoms with Gasteiger partial charge in [-0.2, -0.15) is 0 Å². The number of nitrogens with zero attached hydrogens (tertiary/aromatic N) is 1. The van der Waals surface area contributed by atoms with Crippen LogP contribution in [0.3, 0.4) is 0 Å². The maximum Gasteiger partial charge on any atom is 0.255 e. The van der Waals surface area contributed by atoms with Crippen molar-refractivity contribution in [2.45, 2.75) is 13.0 Å². The number of hydrogen-bond donors (Lipinski definition) is 3. The Balaban J connectivity index is 2.67. The molecule has 17 heavy (non-hydrogen) atoms. The molecule has 0 fully saturated rings. The van der Waals surface area contributed by atoms with E-state index in [1.54, 1.807) is 0 Å². The Morgan fingerprint density at radius 2 is 2.06 bits per heavy atom. The number of likely N-dealkylation sites (N-methyl/N-ethyl adjacent to an activating group) is 1. The molecule has 0 bridgehead atoms. The van der Waals surface area contributed by atoms with Crippen LogP contribution in [0.5, 0.6) is 11.5 Å². The number of amides is 1. The highest BCUT2D eigenvalue weighted by Gasteiger charge is 2.13. The van der Waals surface area contributed by atoms with Crippen molar-refractivity contribution in [3.63, 3.8) is 0 Å². The van der Waals surface area contributed by atoms with Gasteiger partial charge in [-0.05, 0) is 39.2 Å². The first-order valence-electron chi connectivity index (χ1n) is 5.38. The number of benzene rings is 1. The lowest BCUT2D eigenvalue weighted by Crippen LogP contribution is -2.38. The van der Waals surface area contributed by atoms with Gasteiger partial charge in [-0.3, -0.25) is 4.79 Å². The predicted molar refractivity (Wildman–Crippen MR) is 65.3 cm³/mol. The van der Waals surface area contributed by atoms with Crippen LogP contribution in [-0.2, 0) is 0 Å². The number of rotatable bonds is 4. The summed E-state index contributed by atoms with van der Waals surface area (Å²) in [5, 5.41) is 21.4. The molecule has 1 unspecified atom stereocenters. The van der Waals surface area contributed by atoms with Crippen LogP contribution in [0.4, 0.5) is 0 Å². The molecule has 0 radical (unpaired) electrons. The number of phenolic OH excluding ortho intramolecular Hbond substituents is 2. The van der Waals surface area contributed by atoms with Gasteiger partial charge < -0.3 is 20.4 Å². The van der Waals surface area contributed by atoms with E-state index in [0.29, 0.717) is 6.54 Å². The standard InChI is InChI=1S/C12H18N2O3/c1-8(14(2)3)7-13-12(17)10-6-9(15)4-5-11(10)16/h4-6,8,15-16H,7H2,1-3H3,(H,13,17). The van der Waals surface area contributed by atoms with Crippen molar-refractivity contribution in [3.05, 3.63) is 23.8 Å². The highest BCUT2D eigenvalue weighted by molar-refractivity contribution is 5.97. The third kappa shape index (κ3) is 3.64. The SMILES string of the molecule is CC(CNC(=O)c1cc(O)ccc1O)N(C)C. The van der Waals surface area contributed by atoms with Crippen molar-refractivity contribution in [1.29, 1.82) is 0 Å². The highest BCUT2D eigenvalue weighted by atomic mass is 16.3. The summed E-state index contributed by atoms with van der Waals surface area (Å²) in [5.41, 5.74) is 0.0796. The second-order valence-corrected chi connectivity index (χ2v) is 4.22. The summed E-state index contributed by atoms with van der Waals surface area (Å²) in [7, 11) is 3.84. The van der Waals surface area contributed by atoms with Crippen molar-refractivity contribution in [1.82, 2.24) is 10.2 Å². The molecule has 0 spiro atoms. The van der Waals surface area contributed by atoms with Crippen molar-refractivity contribution in [2.75, 3.05) is 20.6 Å². The first kappa shape index (κ1) is 13.3. The van der Waals surface area contributed by atoms with Gasteiger partial charge in [0.05, 0.1) is 5.56 Å². The van der Waals surface area contributed by atoms with E-state index < -0.39 is 5.91 Å². The highest BCUT2D eigenvalue weighted by Crippen LogP contribution is 2.21. The molecular formula is C12H18N2O3. The molecule has 5 heteroatoms. The Kier molecular flexibility index (Phi) is 4.34. The lowest BCUT2D eigenvalue weighted by Gasteiger charge is -2.20. The third-order valence-corrected chi connectivity index (χ3v) is 2.66. The van der Waals surface area contributed by atoms with Crippen molar-refractivity contribution in [3.8, 4) is 11.5 Å². The average Bonchev–Trinajstić information content (AvgIpc) is 2.28. The van der Waals surface area contributed by atoms with Gasteiger partial charge in [0.1, 0.15) is 11.5 Å². The Morgan fingerprint density at radius 3 is 2.65 bits per heavy atom. The number of hydrogen-bond acceptors (Lipinski definition) is 4. The Morgan fingerprint density at radius 1 is 1.41 bits per heavy atom. The summed E-state index contributed by atoms with van der Waals surface area (Å²) < 4.78 is 0. The third-order valence-electron chi connectivity index (χ3n) is 2.66. The van der Waals surface area contributed by atoms with Gasteiger partial charge in [-0.1, -0.05) is 0 Å². The van der Waals surface area contributed by atoms with E-state index in [1.807, 2.05) is 25.9 Å². The predicted octanol–water partition coefficient (Wildman–Crippen LogP) is 0.778. The van der Waals surface area contributed by atoms with Crippen LogP contribution >= 0.6 is 0 Å². The largest absolute Gasteiger partial charge is 0.508 e. The van der Waals surface area contributed by atoms with E-state index >= 15 is 0 Å². The zero-order valence-electron chi connectivity index (χ0n) is 10.3. The summed E-state index contributed by atoms with van der Waals surface area (Å²) in [6.07, 6.45) is 0. The first-order valence-corrected chi connectivity index (χ1v) is 5.38. The molecule has 0 saturated carbocycles. The summed E-state index contributed by atoms with van der Waals surface area (Å²) in [5.74, 6) is -0.585. The lowest BCUT2D eigenvalue weighted by molar-refractivity contribution is 0.0940. The van der Waals surface area contributed by atoms with Gasteiger partial charge >= 0.3 is 0 Å². The normalized spacial score (nSPS) is 12.5. The topological polar surface area (TPSA) is 72.8 Å². The molecular weight excluding hydrogens is 220 g/mol. The Hall–Kier alpha value is -1.75. The van der Waals surface area contributed by atoms with Crippen LogP contribution in [0, 0.1) is 0 Å². The molecule has 0 saturated heterocycles. The van der Waals surface area contributed by atoms with Crippen molar-refractivity contribution in [2.24, 2.45) is 0 Å². The van der Waals surface area contributed by atoms with E-state index in [9.17, 15) is 15.0 Å². The molecule has 94 valence electrons. The van der Waals surface area contributed by atoms with E-state index in [4.69, 9.17) is 0 Å². The minimum Gasteiger partial charge on any atom is -0.508 e. The molecule has 0 aliphatic carbocycles. The minimum atomic E-state index is -0.396. The molecule has 3 N–H and O–H groups in total. The number of carbonyl (C=O) groups is 1. The second kappa shape index (κ2) is 5.54. The summed E-state index contributed by atoms with van der Waals surface area (Å²) in [4.78, 5) is 13.7. The van der Waals surface area contributed by atoms with Crippen LogP contribution in [0.1, 0.15) is 17.3 Å². The Bertz CT molecular complexity index is 405. The molecule has 1 aromatic rings. The summed E-state index contributed by atoms with van der Waals surface area (Å²) in [6.45, 7) is 2.45. The number of phenols is 2. The van der Waals surface area contributed by atoms with Crippen molar-refractivity contribution < 1.29 is 15.0 Å². The zero-order chi connectivity index (χ0) is 13.0. The molecule has 0 aliphatic heterocycles. The van der Waals surface area contributed by atoms with Gasteiger partial charge in [0, 0.05) is 12.6 Å². The molecule has 5 nitrogen and oxygen atoms in total. The molecule has 1 aromatic carbocycles. The average molecular weight is 238 g/mol. The van der Waals surface area contributed by atoms with Crippen LogP contribution in [0.15, 0.2) is 18.2 Å². The zero-order valence-corrected chi connectivity index (χ0v) is 10.3. The minimum absolute atomic E-state index is 0.0476. The number of carbonyl (C=O) groups excluding carboxylic acids is 1. The lowest BCUT2D eigenvalue weighted by atomic mass is 10.1. The smallest absolute Gasteiger partial charge is 0.255 e. The van der Waals surface area contributed by atoms with E-state index in [0.717, 1.165) is 0 Å². The quantitative estimate of drug-likeness (QED) is 0.678. The fourth-order valence-electron chi connectivity index (χ4n) is 1.22. The van der Waals surface area contributed by atoms with Gasteiger partial charge in [-0.25, -0.2) is 0 Å². The Labute approximate surface area is 101 Å². The molecule has 0 heterocycles. The molecule has 1 amide bonds. The molecule has 0 aliphatic rings. The molecule has 0 aromatic heterocycles. The first-order chi connectivity index (χ1) is 7.91. The van der Waals surface area contributed by atoms with Crippen molar-refractivity contribution >= 4 is 5.91 Å². The maximum absolute atomic E-state index is 11.7. The van der Waals surface area contributed by atoms with Gasteiger partial charge in [-0.15, -0.1) is 0 Å². The fraction of sp³-hybridized carbons (Fsp3) is 0.417. The van der Waals surface area contributed by atoms with Crippen LogP contribution in [0.2, 0.25) is 0 Å². The second-order valence-electron chi connectivity index (χ2n) is 4.22. The monoisotopic (exact) mass is 238 g/mol. The molecule has 1 atom stereocenters. The van der Waals surface area contributed by atoms with E-state index in [2.05, 4.69) is 5.32 Å². The van der Waals surface area contributed by atoms with E-state index in [1.165, 1.54) is 18.2 Å². The van der Waals surface area contributed by atoms with Gasteiger partial charge in [0.25, 0.3) is 5.91 Å². The van der Waals surface area contributed by atoms with Crippen LogP contribution < -0.4 is 5.32 Å². The van der Waals surface area contributed by atoms with E-state index in [-0.39, 0.29) is 23.1 Å².